The molecule has 0 heterocycles. The van der Waals surface area contributed by atoms with Gasteiger partial charge in [-0.1, -0.05) is 15.9 Å². The Hall–Kier alpha value is 0.183. The number of halogens is 3. The Bertz CT molecular complexity index is 240. The van der Waals surface area contributed by atoms with Crippen molar-refractivity contribution >= 4 is 15.9 Å². The molecule has 0 spiro atoms. The van der Waals surface area contributed by atoms with E-state index in [4.69, 9.17) is 0 Å². The van der Waals surface area contributed by atoms with Gasteiger partial charge in [0.05, 0.1) is 0 Å². The van der Waals surface area contributed by atoms with E-state index in [2.05, 4.69) is 15.9 Å². The van der Waals surface area contributed by atoms with Crippen LogP contribution in [0.3, 0.4) is 0 Å². The van der Waals surface area contributed by atoms with Gasteiger partial charge in [0.2, 0.25) is 0 Å². The van der Waals surface area contributed by atoms with Crippen LogP contribution >= 0.6 is 15.9 Å². The minimum absolute atomic E-state index is 0. The van der Waals surface area contributed by atoms with E-state index in [9.17, 15) is 8.78 Å². The zero-order valence-corrected chi connectivity index (χ0v) is 10.3. The molecule has 0 N–H and O–H groups in total. The maximum absolute atomic E-state index is 12.6. The fourth-order valence-corrected chi connectivity index (χ4v) is 1.08. The van der Waals surface area contributed by atoms with E-state index in [1.165, 1.54) is 6.07 Å². The van der Waals surface area contributed by atoms with Gasteiger partial charge in [-0.05, 0) is 18.2 Å². The third-order valence-electron chi connectivity index (χ3n) is 1.15. The minimum atomic E-state index is -0.407. The molecular formula is C7H5BrF2Zn. The quantitative estimate of drug-likeness (QED) is 0.545. The molecule has 0 radical (unpaired) electrons. The van der Waals surface area contributed by atoms with E-state index in [-0.39, 0.29) is 25.3 Å². The van der Waals surface area contributed by atoms with Gasteiger partial charge in [0, 0.05) is 30.4 Å². The zero-order valence-electron chi connectivity index (χ0n) is 5.78. The second-order valence-electron chi connectivity index (χ2n) is 1.87. The Kier molecular flexibility index (Phi) is 5.02. The molecule has 0 nitrogen and oxygen atoms in total. The molecule has 0 saturated carbocycles. The van der Waals surface area contributed by atoms with E-state index >= 15 is 0 Å². The second-order valence-corrected chi connectivity index (χ2v) is 2.43. The van der Waals surface area contributed by atoms with E-state index in [1.807, 2.05) is 0 Å². The average Bonchev–Trinajstić information content (AvgIpc) is 1.94. The summed E-state index contributed by atoms with van der Waals surface area (Å²) < 4.78 is 24.9. The molecule has 0 bridgehead atoms. The van der Waals surface area contributed by atoms with Crippen LogP contribution in [0.5, 0.6) is 0 Å². The van der Waals surface area contributed by atoms with Crippen molar-refractivity contribution in [2.45, 2.75) is 5.33 Å². The van der Waals surface area contributed by atoms with Crippen LogP contribution in [0, 0.1) is 11.6 Å². The van der Waals surface area contributed by atoms with Gasteiger partial charge in [-0.25, -0.2) is 8.78 Å². The molecule has 0 aliphatic rings. The third-order valence-corrected chi connectivity index (χ3v) is 1.76. The molecule has 4 heteroatoms. The van der Waals surface area contributed by atoms with Crippen molar-refractivity contribution < 1.29 is 28.3 Å². The van der Waals surface area contributed by atoms with Crippen molar-refractivity contribution in [1.29, 1.82) is 0 Å². The summed E-state index contributed by atoms with van der Waals surface area (Å²) in [7, 11) is 0. The predicted octanol–water partition coefficient (Wildman–Crippen LogP) is 2.86. The monoisotopic (exact) mass is 270 g/mol. The summed E-state index contributed by atoms with van der Waals surface area (Å²) in [5, 5.41) is 0.344. The first-order valence-corrected chi connectivity index (χ1v) is 3.86. The van der Waals surface area contributed by atoms with Gasteiger partial charge in [0.15, 0.2) is 0 Å². The van der Waals surface area contributed by atoms with Crippen molar-refractivity contribution in [1.82, 2.24) is 0 Å². The van der Waals surface area contributed by atoms with Crippen molar-refractivity contribution in [3.05, 3.63) is 35.4 Å². The minimum Gasteiger partial charge on any atom is -0.207 e. The van der Waals surface area contributed by atoms with E-state index in [1.54, 1.807) is 0 Å². The summed E-state index contributed by atoms with van der Waals surface area (Å²) in [4.78, 5) is 0. The molecule has 0 saturated heterocycles. The topological polar surface area (TPSA) is 0 Å². The van der Waals surface area contributed by atoms with Gasteiger partial charge in [0.1, 0.15) is 11.6 Å². The van der Waals surface area contributed by atoms with Crippen LogP contribution < -0.4 is 0 Å². The Morgan fingerprint density at radius 1 is 1.27 bits per heavy atom. The molecule has 1 rings (SSSR count). The first-order valence-electron chi connectivity index (χ1n) is 2.74. The largest absolute Gasteiger partial charge is 0.207 e. The van der Waals surface area contributed by atoms with Gasteiger partial charge >= 0.3 is 0 Å². The molecule has 0 fully saturated rings. The maximum atomic E-state index is 12.6. The van der Waals surface area contributed by atoms with Crippen molar-refractivity contribution in [3.63, 3.8) is 0 Å². The van der Waals surface area contributed by atoms with Crippen LogP contribution in [0.1, 0.15) is 5.56 Å². The Morgan fingerprint density at radius 2 is 1.91 bits per heavy atom. The molecule has 1 aromatic rings. The SMILES string of the molecule is Fc1ccc(F)c(CBr)c1.[Zn]. The Labute approximate surface area is 84.9 Å². The van der Waals surface area contributed by atoms with Crippen molar-refractivity contribution in [2.24, 2.45) is 0 Å². The number of hydrogen-bond acceptors (Lipinski definition) is 0. The first kappa shape index (κ1) is 11.2. The number of hydrogen-bond donors (Lipinski definition) is 0. The second kappa shape index (κ2) is 4.94. The molecule has 0 aliphatic heterocycles. The molecule has 56 valence electrons. The summed E-state index contributed by atoms with van der Waals surface area (Å²) in [6.07, 6.45) is 0. The molecule has 0 aromatic heterocycles. The summed E-state index contributed by atoms with van der Waals surface area (Å²) >= 11 is 3.04. The molecule has 0 aliphatic carbocycles. The van der Waals surface area contributed by atoms with Crippen LogP contribution in [0.4, 0.5) is 8.78 Å². The maximum Gasteiger partial charge on any atom is 0.127 e. The Morgan fingerprint density at radius 3 is 2.36 bits per heavy atom. The molecular weight excluding hydrogens is 267 g/mol. The van der Waals surface area contributed by atoms with Crippen LogP contribution in [0.2, 0.25) is 0 Å². The van der Waals surface area contributed by atoms with Gasteiger partial charge in [-0.2, -0.15) is 0 Å². The zero-order chi connectivity index (χ0) is 7.56. The Balaban J connectivity index is 0.000001000. The van der Waals surface area contributed by atoms with Crippen LogP contribution in [0.15, 0.2) is 18.2 Å². The van der Waals surface area contributed by atoms with Gasteiger partial charge in [0.25, 0.3) is 0 Å². The van der Waals surface area contributed by atoms with E-state index < -0.39 is 5.82 Å². The fraction of sp³-hybridized carbons (Fsp3) is 0.143. The smallest absolute Gasteiger partial charge is 0.127 e. The molecule has 11 heavy (non-hydrogen) atoms. The van der Waals surface area contributed by atoms with Crippen molar-refractivity contribution in [3.8, 4) is 0 Å². The third kappa shape index (κ3) is 2.96. The van der Waals surface area contributed by atoms with Crippen LogP contribution in [-0.2, 0) is 24.8 Å². The fourth-order valence-electron chi connectivity index (χ4n) is 0.646. The summed E-state index contributed by atoms with van der Waals surface area (Å²) in [6.45, 7) is 0. The number of rotatable bonds is 1. The molecule has 1 aromatic carbocycles. The van der Waals surface area contributed by atoms with E-state index in [0.29, 0.717) is 10.9 Å². The summed E-state index contributed by atoms with van der Waals surface area (Å²) in [6, 6.07) is 3.39. The van der Waals surface area contributed by atoms with Crippen molar-refractivity contribution in [2.75, 3.05) is 0 Å². The normalized spacial score (nSPS) is 9.00. The van der Waals surface area contributed by atoms with Gasteiger partial charge < -0.3 is 0 Å². The summed E-state index contributed by atoms with van der Waals surface area (Å²) in [5.74, 6) is -0.783. The average molecular weight is 272 g/mol. The summed E-state index contributed by atoms with van der Waals surface area (Å²) in [5.41, 5.74) is 0.347. The van der Waals surface area contributed by atoms with Gasteiger partial charge in [-0.3, -0.25) is 0 Å². The molecule has 0 unspecified atom stereocenters. The molecule has 0 atom stereocenters. The number of benzene rings is 1. The predicted molar refractivity (Wildman–Crippen MR) is 39.0 cm³/mol. The molecule has 0 amide bonds. The first-order chi connectivity index (χ1) is 4.74. The van der Waals surface area contributed by atoms with Crippen LogP contribution in [-0.4, -0.2) is 0 Å². The van der Waals surface area contributed by atoms with Crippen LogP contribution in [0.25, 0.3) is 0 Å². The standard InChI is InChI=1S/C7H5BrF2.Zn/c8-4-5-3-6(9)1-2-7(5)10;/h1-3H,4H2;. The van der Waals surface area contributed by atoms with Gasteiger partial charge in [-0.15, -0.1) is 0 Å². The van der Waals surface area contributed by atoms with E-state index in [0.717, 1.165) is 12.1 Å². The number of alkyl halides is 1.